The molecule has 0 amide bonds. The molecule has 1 fully saturated rings. The van der Waals surface area contributed by atoms with E-state index in [1.54, 1.807) is 0 Å². The normalized spacial score (nSPS) is 19.3. The third kappa shape index (κ3) is 5.02. The van der Waals surface area contributed by atoms with Gasteiger partial charge in [-0.15, -0.1) is 0 Å². The standard InChI is InChI=1S/C18H27NO3/c1-13(2)7-9-22-16-5-3-4-14(10-16)11-17(18(20)21)15-6-8-19-12-15/h3-5,10,13,15,17,19H,6-9,11-12H2,1-2H3,(H,20,21). The highest BCUT2D eigenvalue weighted by Gasteiger charge is 2.30. The summed E-state index contributed by atoms with van der Waals surface area (Å²) in [5.74, 6) is 0.671. The molecule has 2 unspecified atom stereocenters. The smallest absolute Gasteiger partial charge is 0.307 e. The minimum Gasteiger partial charge on any atom is -0.494 e. The van der Waals surface area contributed by atoms with Gasteiger partial charge in [0.2, 0.25) is 0 Å². The summed E-state index contributed by atoms with van der Waals surface area (Å²) in [5, 5.41) is 12.8. The Balaban J connectivity index is 1.97. The lowest BCUT2D eigenvalue weighted by Crippen LogP contribution is -2.27. The van der Waals surface area contributed by atoms with Gasteiger partial charge in [0.1, 0.15) is 5.75 Å². The SMILES string of the molecule is CC(C)CCOc1cccc(CC(C(=O)O)C2CCNC2)c1. The minimum absolute atomic E-state index is 0.225. The fourth-order valence-electron chi connectivity index (χ4n) is 2.90. The summed E-state index contributed by atoms with van der Waals surface area (Å²) >= 11 is 0. The molecule has 4 heteroatoms. The summed E-state index contributed by atoms with van der Waals surface area (Å²) in [4.78, 5) is 11.6. The zero-order chi connectivity index (χ0) is 15.9. The second-order valence-corrected chi connectivity index (χ2v) is 6.58. The van der Waals surface area contributed by atoms with Gasteiger partial charge in [-0.25, -0.2) is 0 Å². The van der Waals surface area contributed by atoms with Crippen molar-refractivity contribution in [2.75, 3.05) is 19.7 Å². The molecule has 122 valence electrons. The Bertz CT molecular complexity index is 481. The summed E-state index contributed by atoms with van der Waals surface area (Å²) in [5.41, 5.74) is 1.04. The summed E-state index contributed by atoms with van der Waals surface area (Å²) in [6, 6.07) is 7.87. The molecule has 4 nitrogen and oxygen atoms in total. The zero-order valence-corrected chi connectivity index (χ0v) is 13.5. The Morgan fingerprint density at radius 3 is 2.91 bits per heavy atom. The van der Waals surface area contributed by atoms with Crippen LogP contribution in [0.1, 0.15) is 32.3 Å². The lowest BCUT2D eigenvalue weighted by atomic mass is 9.86. The summed E-state index contributed by atoms with van der Waals surface area (Å²) in [6.45, 7) is 6.78. The number of carboxylic acid groups (broad SMARTS) is 1. The minimum atomic E-state index is -0.695. The van der Waals surface area contributed by atoms with E-state index in [0.29, 0.717) is 18.9 Å². The van der Waals surface area contributed by atoms with E-state index in [9.17, 15) is 9.90 Å². The van der Waals surface area contributed by atoms with Gasteiger partial charge in [-0.3, -0.25) is 4.79 Å². The van der Waals surface area contributed by atoms with Gasteiger partial charge in [0.15, 0.2) is 0 Å². The topological polar surface area (TPSA) is 58.6 Å². The van der Waals surface area contributed by atoms with E-state index in [1.165, 1.54) is 0 Å². The third-order valence-corrected chi connectivity index (χ3v) is 4.30. The maximum absolute atomic E-state index is 11.6. The van der Waals surface area contributed by atoms with Gasteiger partial charge in [0.25, 0.3) is 0 Å². The van der Waals surface area contributed by atoms with Crippen LogP contribution in [-0.4, -0.2) is 30.8 Å². The Hall–Kier alpha value is -1.55. The van der Waals surface area contributed by atoms with Crippen LogP contribution in [-0.2, 0) is 11.2 Å². The number of hydrogen-bond donors (Lipinski definition) is 2. The summed E-state index contributed by atoms with van der Waals surface area (Å²) in [7, 11) is 0. The average Bonchev–Trinajstić information content (AvgIpc) is 2.98. The van der Waals surface area contributed by atoms with Gasteiger partial charge in [-0.2, -0.15) is 0 Å². The predicted octanol–water partition coefficient (Wildman–Crippen LogP) is 2.96. The number of benzene rings is 1. The Kier molecular flexibility index (Phi) is 6.25. The van der Waals surface area contributed by atoms with E-state index in [4.69, 9.17) is 4.74 Å². The van der Waals surface area contributed by atoms with Crippen LogP contribution in [0.4, 0.5) is 0 Å². The molecule has 0 aromatic heterocycles. The van der Waals surface area contributed by atoms with Crippen molar-refractivity contribution in [2.45, 2.75) is 33.1 Å². The van der Waals surface area contributed by atoms with E-state index >= 15 is 0 Å². The Labute approximate surface area is 132 Å². The number of hydrogen-bond acceptors (Lipinski definition) is 3. The van der Waals surface area contributed by atoms with Crippen LogP contribution in [0, 0.1) is 17.8 Å². The fourth-order valence-corrected chi connectivity index (χ4v) is 2.90. The summed E-state index contributed by atoms with van der Waals surface area (Å²) in [6.07, 6.45) is 2.54. The van der Waals surface area contributed by atoms with E-state index in [1.807, 2.05) is 24.3 Å². The molecule has 2 atom stereocenters. The third-order valence-electron chi connectivity index (χ3n) is 4.30. The number of carbonyl (C=O) groups is 1. The molecule has 22 heavy (non-hydrogen) atoms. The van der Waals surface area contributed by atoms with Crippen LogP contribution in [0.3, 0.4) is 0 Å². The average molecular weight is 305 g/mol. The van der Waals surface area contributed by atoms with Crippen molar-refractivity contribution in [3.05, 3.63) is 29.8 Å². The van der Waals surface area contributed by atoms with Crippen molar-refractivity contribution in [1.29, 1.82) is 0 Å². The molecule has 1 aliphatic heterocycles. The number of nitrogens with one attached hydrogen (secondary N) is 1. The molecular formula is C18H27NO3. The highest BCUT2D eigenvalue weighted by Crippen LogP contribution is 2.25. The van der Waals surface area contributed by atoms with Crippen LogP contribution in [0.5, 0.6) is 5.75 Å². The largest absolute Gasteiger partial charge is 0.494 e. The van der Waals surface area contributed by atoms with Crippen molar-refractivity contribution in [1.82, 2.24) is 5.32 Å². The molecule has 2 rings (SSSR count). The Morgan fingerprint density at radius 1 is 1.45 bits per heavy atom. The second-order valence-electron chi connectivity index (χ2n) is 6.58. The molecule has 0 bridgehead atoms. The van der Waals surface area contributed by atoms with Crippen LogP contribution < -0.4 is 10.1 Å². The maximum Gasteiger partial charge on any atom is 0.307 e. The van der Waals surface area contributed by atoms with E-state index in [0.717, 1.165) is 37.2 Å². The van der Waals surface area contributed by atoms with Crippen molar-refractivity contribution < 1.29 is 14.6 Å². The van der Waals surface area contributed by atoms with Crippen molar-refractivity contribution in [2.24, 2.45) is 17.8 Å². The molecule has 0 aliphatic carbocycles. The first kappa shape index (κ1) is 16.8. The van der Waals surface area contributed by atoms with Crippen LogP contribution in [0.15, 0.2) is 24.3 Å². The van der Waals surface area contributed by atoms with Gasteiger partial charge >= 0.3 is 5.97 Å². The number of rotatable bonds is 8. The van der Waals surface area contributed by atoms with Crippen molar-refractivity contribution >= 4 is 5.97 Å². The van der Waals surface area contributed by atoms with Gasteiger partial charge in [0, 0.05) is 0 Å². The van der Waals surface area contributed by atoms with Crippen molar-refractivity contribution in [3.63, 3.8) is 0 Å². The highest BCUT2D eigenvalue weighted by atomic mass is 16.5. The molecule has 0 saturated carbocycles. The predicted molar refractivity (Wildman–Crippen MR) is 87.2 cm³/mol. The summed E-state index contributed by atoms with van der Waals surface area (Å²) < 4.78 is 5.77. The van der Waals surface area contributed by atoms with Crippen LogP contribution >= 0.6 is 0 Å². The van der Waals surface area contributed by atoms with Crippen LogP contribution in [0.25, 0.3) is 0 Å². The van der Waals surface area contributed by atoms with Crippen LogP contribution in [0.2, 0.25) is 0 Å². The number of ether oxygens (including phenoxy) is 1. The van der Waals surface area contributed by atoms with E-state index in [-0.39, 0.29) is 11.8 Å². The molecule has 2 N–H and O–H groups in total. The monoisotopic (exact) mass is 305 g/mol. The molecule has 1 aliphatic rings. The number of aliphatic carboxylic acids is 1. The lowest BCUT2D eigenvalue weighted by Gasteiger charge is -2.19. The fraction of sp³-hybridized carbons (Fsp3) is 0.611. The van der Waals surface area contributed by atoms with Gasteiger partial charge < -0.3 is 15.2 Å². The van der Waals surface area contributed by atoms with E-state index in [2.05, 4.69) is 19.2 Å². The molecule has 0 radical (unpaired) electrons. The molecule has 1 aromatic carbocycles. The molecular weight excluding hydrogens is 278 g/mol. The van der Waals surface area contributed by atoms with Gasteiger partial charge in [0.05, 0.1) is 12.5 Å². The van der Waals surface area contributed by atoms with E-state index < -0.39 is 5.97 Å². The molecule has 0 spiro atoms. The quantitative estimate of drug-likeness (QED) is 0.775. The maximum atomic E-state index is 11.6. The van der Waals surface area contributed by atoms with Gasteiger partial charge in [-0.05, 0) is 61.9 Å². The Morgan fingerprint density at radius 2 is 2.27 bits per heavy atom. The zero-order valence-electron chi connectivity index (χ0n) is 13.5. The molecule has 1 saturated heterocycles. The lowest BCUT2D eigenvalue weighted by molar-refractivity contribution is -0.143. The first-order valence-electron chi connectivity index (χ1n) is 8.21. The number of carboxylic acids is 1. The first-order chi connectivity index (χ1) is 10.6. The van der Waals surface area contributed by atoms with Crippen molar-refractivity contribution in [3.8, 4) is 5.75 Å². The van der Waals surface area contributed by atoms with Gasteiger partial charge in [-0.1, -0.05) is 26.0 Å². The molecule has 1 heterocycles. The molecule has 1 aromatic rings. The highest BCUT2D eigenvalue weighted by molar-refractivity contribution is 5.71. The first-order valence-corrected chi connectivity index (χ1v) is 8.21. The second kappa shape index (κ2) is 8.18.